The van der Waals surface area contributed by atoms with E-state index in [2.05, 4.69) is 36.9 Å². The zero-order valence-electron chi connectivity index (χ0n) is 22.7. The number of carbonyl (C=O) groups is 2. The molecule has 0 spiro atoms. The SMILES string of the molecule is CC[C@H]1CN(c2nc(N)c(C(=O)NCCO)nc2Cl)CCN1C1CCN(Cc2ccc(C)cc2C(N)=O)CC1. The number of likely N-dealkylation sites (tertiary alicyclic amines) is 1. The molecule has 0 unspecified atom stereocenters. The van der Waals surface area contributed by atoms with Gasteiger partial charge in [0, 0.05) is 50.4 Å². The van der Waals surface area contributed by atoms with E-state index in [4.69, 9.17) is 28.2 Å². The third-order valence-corrected chi connectivity index (χ3v) is 7.98. The molecular formula is C27H39ClN8O3. The highest BCUT2D eigenvalue weighted by atomic mass is 35.5. The molecule has 2 aliphatic heterocycles. The number of carbonyl (C=O) groups excluding carboxylic acids is 2. The molecule has 4 rings (SSSR count). The Kier molecular flexibility index (Phi) is 9.60. The summed E-state index contributed by atoms with van der Waals surface area (Å²) in [7, 11) is 0. The van der Waals surface area contributed by atoms with Gasteiger partial charge in [-0.2, -0.15) is 0 Å². The summed E-state index contributed by atoms with van der Waals surface area (Å²) in [5.41, 5.74) is 14.3. The summed E-state index contributed by atoms with van der Waals surface area (Å²) in [6.07, 6.45) is 3.09. The standard InChI is InChI=1S/C27H39ClN8O3/c1-3-19-16-35(26-23(28)32-22(24(29)33-26)27(39)31-8-13-37)11-12-36(19)20-6-9-34(10-7-20)15-18-5-4-17(2)14-21(18)25(30)38/h4-5,14,19-20,37H,3,6-13,15-16H2,1-2H3,(H2,29,33)(H2,30,38)(H,31,39)/t19-/m0/s1. The van der Waals surface area contributed by atoms with E-state index in [0.29, 0.717) is 23.5 Å². The Labute approximate surface area is 234 Å². The number of hydrogen-bond donors (Lipinski definition) is 4. The molecule has 12 heteroatoms. The molecule has 6 N–H and O–H groups in total. The van der Waals surface area contributed by atoms with Gasteiger partial charge in [0.1, 0.15) is 0 Å². The van der Waals surface area contributed by atoms with Crippen LogP contribution in [0.5, 0.6) is 0 Å². The van der Waals surface area contributed by atoms with Gasteiger partial charge >= 0.3 is 0 Å². The van der Waals surface area contributed by atoms with Crippen LogP contribution < -0.4 is 21.7 Å². The van der Waals surface area contributed by atoms with Gasteiger partial charge in [-0.1, -0.05) is 36.2 Å². The lowest BCUT2D eigenvalue weighted by molar-refractivity contribution is 0.0609. The van der Waals surface area contributed by atoms with Crippen LogP contribution >= 0.6 is 11.6 Å². The zero-order valence-corrected chi connectivity index (χ0v) is 23.5. The highest BCUT2D eigenvalue weighted by Gasteiger charge is 2.34. The number of benzene rings is 1. The van der Waals surface area contributed by atoms with E-state index in [1.807, 2.05) is 25.1 Å². The first-order chi connectivity index (χ1) is 18.7. The number of nitrogen functional groups attached to an aromatic ring is 1. The Bertz CT molecular complexity index is 1190. The van der Waals surface area contributed by atoms with E-state index in [1.165, 1.54) is 0 Å². The van der Waals surface area contributed by atoms with Gasteiger partial charge in [-0.15, -0.1) is 0 Å². The smallest absolute Gasteiger partial charge is 0.273 e. The summed E-state index contributed by atoms with van der Waals surface area (Å²) in [5.74, 6) is -0.387. The third kappa shape index (κ3) is 6.78. The predicted octanol–water partition coefficient (Wildman–Crippen LogP) is 1.41. The number of aliphatic hydroxyl groups is 1. The summed E-state index contributed by atoms with van der Waals surface area (Å²) >= 11 is 6.46. The van der Waals surface area contributed by atoms with E-state index in [0.717, 1.165) is 69.7 Å². The molecule has 11 nitrogen and oxygen atoms in total. The van der Waals surface area contributed by atoms with Crippen molar-refractivity contribution in [3.63, 3.8) is 0 Å². The van der Waals surface area contributed by atoms with Crippen LogP contribution in [0.25, 0.3) is 0 Å². The predicted molar refractivity (Wildman–Crippen MR) is 152 cm³/mol. The minimum atomic E-state index is -0.515. The van der Waals surface area contributed by atoms with Gasteiger partial charge in [-0.25, -0.2) is 9.97 Å². The van der Waals surface area contributed by atoms with Gasteiger partial charge in [-0.3, -0.25) is 19.4 Å². The van der Waals surface area contributed by atoms with Crippen LogP contribution in [0.3, 0.4) is 0 Å². The van der Waals surface area contributed by atoms with Crippen molar-refractivity contribution in [1.82, 2.24) is 25.1 Å². The lowest BCUT2D eigenvalue weighted by Crippen LogP contribution is -2.58. The number of nitrogens with one attached hydrogen (secondary N) is 1. The van der Waals surface area contributed by atoms with Crippen LogP contribution in [0, 0.1) is 6.92 Å². The second-order valence-electron chi connectivity index (χ2n) is 10.3. The Balaban J connectivity index is 1.37. The van der Waals surface area contributed by atoms with Crippen LogP contribution in [0.15, 0.2) is 18.2 Å². The maximum Gasteiger partial charge on any atom is 0.273 e. The van der Waals surface area contributed by atoms with E-state index in [-0.39, 0.29) is 35.7 Å². The van der Waals surface area contributed by atoms with Crippen LogP contribution in [0.2, 0.25) is 5.15 Å². The molecule has 2 aliphatic rings. The number of hydrogen-bond acceptors (Lipinski definition) is 9. The molecule has 3 heterocycles. The number of halogens is 1. The number of piperidine rings is 1. The van der Waals surface area contributed by atoms with Crippen molar-refractivity contribution in [3.8, 4) is 0 Å². The van der Waals surface area contributed by atoms with Crippen LogP contribution in [-0.2, 0) is 6.54 Å². The third-order valence-electron chi connectivity index (χ3n) is 7.73. The Morgan fingerprint density at radius 2 is 1.92 bits per heavy atom. The first-order valence-electron chi connectivity index (χ1n) is 13.6. The quantitative estimate of drug-likeness (QED) is 0.357. The molecule has 1 aromatic heterocycles. The molecule has 212 valence electrons. The number of nitrogens with zero attached hydrogens (tertiary/aromatic N) is 5. The van der Waals surface area contributed by atoms with Crippen molar-refractivity contribution in [2.24, 2.45) is 5.73 Å². The second-order valence-corrected chi connectivity index (χ2v) is 10.7. The maximum atomic E-state index is 12.3. The first-order valence-corrected chi connectivity index (χ1v) is 13.9. The molecule has 0 bridgehead atoms. The molecule has 2 saturated heterocycles. The molecular weight excluding hydrogens is 520 g/mol. The highest BCUT2D eigenvalue weighted by molar-refractivity contribution is 6.32. The molecule has 39 heavy (non-hydrogen) atoms. The summed E-state index contributed by atoms with van der Waals surface area (Å²) in [4.78, 5) is 40.0. The second kappa shape index (κ2) is 12.9. The normalized spacial score (nSPS) is 19.3. The zero-order chi connectivity index (χ0) is 28.1. The molecule has 0 radical (unpaired) electrons. The van der Waals surface area contributed by atoms with Crippen LogP contribution in [-0.4, -0.2) is 94.6 Å². The summed E-state index contributed by atoms with van der Waals surface area (Å²) in [5, 5.41) is 11.6. The van der Waals surface area contributed by atoms with E-state index < -0.39 is 5.91 Å². The topological polar surface area (TPSA) is 154 Å². The number of aliphatic hydroxyl groups excluding tert-OH is 1. The average Bonchev–Trinajstić information content (AvgIpc) is 2.93. The molecule has 0 saturated carbocycles. The Morgan fingerprint density at radius 3 is 2.59 bits per heavy atom. The number of primary amides is 1. The van der Waals surface area contributed by atoms with E-state index in [1.54, 1.807) is 0 Å². The number of nitrogens with two attached hydrogens (primary N) is 2. The monoisotopic (exact) mass is 558 g/mol. The van der Waals surface area contributed by atoms with Crippen molar-refractivity contribution in [2.45, 2.75) is 51.7 Å². The van der Waals surface area contributed by atoms with Crippen molar-refractivity contribution in [2.75, 3.05) is 56.5 Å². The van der Waals surface area contributed by atoms with Crippen molar-refractivity contribution in [1.29, 1.82) is 0 Å². The van der Waals surface area contributed by atoms with Gasteiger partial charge in [0.05, 0.1) is 6.61 Å². The van der Waals surface area contributed by atoms with E-state index >= 15 is 0 Å². The molecule has 1 aromatic carbocycles. The summed E-state index contributed by atoms with van der Waals surface area (Å²) in [6, 6.07) is 6.72. The fraction of sp³-hybridized carbons (Fsp3) is 0.556. The lowest BCUT2D eigenvalue weighted by Gasteiger charge is -2.47. The van der Waals surface area contributed by atoms with Crippen LogP contribution in [0.1, 0.15) is 58.2 Å². The molecule has 2 amide bonds. The van der Waals surface area contributed by atoms with Crippen molar-refractivity contribution < 1.29 is 14.7 Å². The number of anilines is 2. The van der Waals surface area contributed by atoms with E-state index in [9.17, 15) is 9.59 Å². The van der Waals surface area contributed by atoms with Gasteiger partial charge in [0.15, 0.2) is 22.5 Å². The first kappa shape index (κ1) is 29.0. The number of rotatable bonds is 9. The number of aromatic nitrogens is 2. The summed E-state index contributed by atoms with van der Waals surface area (Å²) < 4.78 is 0. The number of amides is 2. The number of aryl methyl sites for hydroxylation is 1. The number of piperazine rings is 1. The van der Waals surface area contributed by atoms with Gasteiger partial charge in [-0.05, 0) is 50.9 Å². The molecule has 2 aromatic rings. The lowest BCUT2D eigenvalue weighted by atomic mass is 9.97. The summed E-state index contributed by atoms with van der Waals surface area (Å²) in [6.45, 7) is 9.05. The van der Waals surface area contributed by atoms with Gasteiger partial charge < -0.3 is 26.8 Å². The largest absolute Gasteiger partial charge is 0.395 e. The van der Waals surface area contributed by atoms with Gasteiger partial charge in [0.25, 0.3) is 5.91 Å². The molecule has 0 aliphatic carbocycles. The highest BCUT2D eigenvalue weighted by Crippen LogP contribution is 2.30. The molecule has 2 fully saturated rings. The van der Waals surface area contributed by atoms with Crippen LogP contribution in [0.4, 0.5) is 11.6 Å². The maximum absolute atomic E-state index is 12.3. The minimum absolute atomic E-state index is 0.0146. The molecule has 1 atom stereocenters. The average molecular weight is 559 g/mol. The van der Waals surface area contributed by atoms with Gasteiger partial charge in [0.2, 0.25) is 5.91 Å². The minimum Gasteiger partial charge on any atom is -0.395 e. The fourth-order valence-corrected chi connectivity index (χ4v) is 5.90. The van der Waals surface area contributed by atoms with Crippen molar-refractivity contribution in [3.05, 3.63) is 45.7 Å². The Morgan fingerprint density at radius 1 is 1.18 bits per heavy atom. The van der Waals surface area contributed by atoms with Crippen molar-refractivity contribution >= 4 is 35.1 Å². The fourth-order valence-electron chi connectivity index (χ4n) is 5.65. The Hall–Kier alpha value is -2.99.